The molecular formula is C14H13BrF2N2O2. The lowest BCUT2D eigenvalue weighted by molar-refractivity contribution is -0.0653. The summed E-state index contributed by atoms with van der Waals surface area (Å²) in [6.45, 7) is 0. The minimum Gasteiger partial charge on any atom is -0.446 e. The molecule has 1 saturated carbocycles. The van der Waals surface area contributed by atoms with Gasteiger partial charge in [-0.3, -0.25) is 9.55 Å². The lowest BCUT2D eigenvalue weighted by atomic mass is 9.94. The molecule has 0 radical (unpaired) electrons. The summed E-state index contributed by atoms with van der Waals surface area (Å²) in [5.74, 6) is -2.63. The third-order valence-corrected chi connectivity index (χ3v) is 4.07. The molecule has 0 spiro atoms. The van der Waals surface area contributed by atoms with E-state index < -0.39 is 18.1 Å². The number of aromatic nitrogens is 2. The van der Waals surface area contributed by atoms with Gasteiger partial charge in [0, 0.05) is 29.7 Å². The molecular weight excluding hydrogens is 346 g/mol. The summed E-state index contributed by atoms with van der Waals surface area (Å²) in [5.41, 5.74) is 1.29. The van der Waals surface area contributed by atoms with Gasteiger partial charge in [0.25, 0.3) is 0 Å². The fraction of sp³-hybridized carbons (Fsp3) is 0.429. The average Bonchev–Trinajstić information content (AvgIpc) is 2.84. The van der Waals surface area contributed by atoms with Gasteiger partial charge in [-0.1, -0.05) is 0 Å². The molecule has 7 heteroatoms. The quantitative estimate of drug-likeness (QED) is 0.760. The molecule has 2 heterocycles. The molecule has 1 fully saturated rings. The van der Waals surface area contributed by atoms with Gasteiger partial charge in [0.2, 0.25) is 5.92 Å². The first-order valence-corrected chi connectivity index (χ1v) is 7.45. The van der Waals surface area contributed by atoms with Crippen molar-refractivity contribution in [2.45, 2.75) is 37.7 Å². The lowest BCUT2D eigenvalue weighted by Crippen LogP contribution is -2.31. The van der Waals surface area contributed by atoms with Crippen LogP contribution < -0.4 is 0 Å². The van der Waals surface area contributed by atoms with Crippen LogP contribution in [0.1, 0.15) is 25.7 Å². The summed E-state index contributed by atoms with van der Waals surface area (Å²) in [6.07, 6.45) is 2.13. The first kappa shape index (κ1) is 14.4. The molecule has 0 aliphatic heterocycles. The summed E-state index contributed by atoms with van der Waals surface area (Å²) in [4.78, 5) is 16.3. The van der Waals surface area contributed by atoms with Gasteiger partial charge in [-0.15, -0.1) is 0 Å². The molecule has 3 rings (SSSR count). The smallest absolute Gasteiger partial charge is 0.418 e. The highest BCUT2D eigenvalue weighted by molar-refractivity contribution is 9.10. The van der Waals surface area contributed by atoms with Crippen LogP contribution in [0, 0.1) is 0 Å². The minimum atomic E-state index is -2.63. The number of hydrogen-bond donors (Lipinski definition) is 0. The van der Waals surface area contributed by atoms with Crippen molar-refractivity contribution in [1.29, 1.82) is 0 Å². The molecule has 0 N–H and O–H groups in total. The third kappa shape index (κ3) is 3.07. The van der Waals surface area contributed by atoms with E-state index in [4.69, 9.17) is 4.74 Å². The summed E-state index contributed by atoms with van der Waals surface area (Å²) in [7, 11) is 0. The average molecular weight is 359 g/mol. The molecule has 21 heavy (non-hydrogen) atoms. The van der Waals surface area contributed by atoms with Crippen LogP contribution in [-0.4, -0.2) is 27.7 Å². The second-order valence-electron chi connectivity index (χ2n) is 5.18. The van der Waals surface area contributed by atoms with Crippen LogP contribution in [0.4, 0.5) is 13.6 Å². The number of carbonyl (C=O) groups is 1. The molecule has 0 amide bonds. The Labute approximate surface area is 128 Å². The highest BCUT2D eigenvalue weighted by atomic mass is 79.9. The molecule has 1 aliphatic carbocycles. The second kappa shape index (κ2) is 5.36. The van der Waals surface area contributed by atoms with Crippen molar-refractivity contribution >= 4 is 33.1 Å². The van der Waals surface area contributed by atoms with Crippen molar-refractivity contribution in [3.8, 4) is 0 Å². The Hall–Kier alpha value is -1.50. The van der Waals surface area contributed by atoms with Gasteiger partial charge in [-0.25, -0.2) is 13.6 Å². The maximum absolute atomic E-state index is 13.1. The Balaban J connectivity index is 1.74. The number of ether oxygens (including phenoxy) is 1. The fourth-order valence-corrected chi connectivity index (χ4v) is 2.80. The first-order valence-electron chi connectivity index (χ1n) is 6.66. The molecule has 0 atom stereocenters. The van der Waals surface area contributed by atoms with Gasteiger partial charge in [0.15, 0.2) is 0 Å². The van der Waals surface area contributed by atoms with Gasteiger partial charge in [-0.05, 0) is 40.9 Å². The van der Waals surface area contributed by atoms with E-state index in [1.165, 1.54) is 4.57 Å². The van der Waals surface area contributed by atoms with Crippen LogP contribution in [0.5, 0.6) is 0 Å². The van der Waals surface area contributed by atoms with Crippen molar-refractivity contribution in [2.75, 3.05) is 0 Å². The van der Waals surface area contributed by atoms with E-state index in [1.807, 2.05) is 0 Å². The number of rotatable bonds is 1. The van der Waals surface area contributed by atoms with E-state index in [0.29, 0.717) is 11.0 Å². The summed E-state index contributed by atoms with van der Waals surface area (Å²) in [6, 6.07) is 3.47. The van der Waals surface area contributed by atoms with Crippen LogP contribution in [0.15, 0.2) is 29.0 Å². The highest BCUT2D eigenvalue weighted by Gasteiger charge is 2.36. The molecule has 4 nitrogen and oxygen atoms in total. The second-order valence-corrected chi connectivity index (χ2v) is 6.10. The summed E-state index contributed by atoms with van der Waals surface area (Å²) in [5, 5.41) is 0. The van der Waals surface area contributed by atoms with E-state index in [0.717, 1.165) is 4.47 Å². The lowest BCUT2D eigenvalue weighted by Gasteiger charge is -2.27. The van der Waals surface area contributed by atoms with Crippen molar-refractivity contribution in [3.05, 3.63) is 29.0 Å². The number of alkyl halides is 2. The molecule has 0 bridgehead atoms. The van der Waals surface area contributed by atoms with E-state index >= 15 is 0 Å². The van der Waals surface area contributed by atoms with Crippen molar-refractivity contribution in [2.24, 2.45) is 0 Å². The van der Waals surface area contributed by atoms with E-state index in [-0.39, 0.29) is 25.7 Å². The predicted molar refractivity (Wildman–Crippen MR) is 76.5 cm³/mol. The van der Waals surface area contributed by atoms with Gasteiger partial charge in [-0.2, -0.15) is 0 Å². The Morgan fingerprint density at radius 3 is 2.86 bits per heavy atom. The predicted octanol–water partition coefficient (Wildman–Crippen LogP) is 4.36. The van der Waals surface area contributed by atoms with E-state index in [1.54, 1.807) is 24.5 Å². The van der Waals surface area contributed by atoms with Crippen LogP contribution in [-0.2, 0) is 4.74 Å². The molecule has 1 aliphatic rings. The topological polar surface area (TPSA) is 44.1 Å². The zero-order chi connectivity index (χ0) is 15.0. The van der Waals surface area contributed by atoms with Crippen LogP contribution in [0.25, 0.3) is 11.0 Å². The van der Waals surface area contributed by atoms with E-state index in [9.17, 15) is 13.6 Å². The van der Waals surface area contributed by atoms with E-state index in [2.05, 4.69) is 20.9 Å². The molecule has 2 aromatic heterocycles. The van der Waals surface area contributed by atoms with Gasteiger partial charge < -0.3 is 4.74 Å². The molecule has 0 unspecified atom stereocenters. The zero-order valence-electron chi connectivity index (χ0n) is 11.1. The normalized spacial score (nSPS) is 18.8. The Morgan fingerprint density at radius 2 is 2.14 bits per heavy atom. The maximum atomic E-state index is 13.1. The Morgan fingerprint density at radius 1 is 1.43 bits per heavy atom. The van der Waals surface area contributed by atoms with Crippen LogP contribution in [0.2, 0.25) is 0 Å². The number of nitrogens with zero attached hydrogens (tertiary/aromatic N) is 2. The molecule has 0 saturated heterocycles. The summed E-state index contributed by atoms with van der Waals surface area (Å²) >= 11 is 3.30. The maximum Gasteiger partial charge on any atom is 0.418 e. The van der Waals surface area contributed by atoms with Crippen LogP contribution >= 0.6 is 15.9 Å². The zero-order valence-corrected chi connectivity index (χ0v) is 12.6. The standard InChI is InChI=1S/C14H13BrF2N2O2/c15-9-7-12-11(18-8-9)3-6-19(12)13(20)21-10-1-4-14(16,17)5-2-10/h3,6-8,10H,1-2,4-5H2. The number of fused-ring (bicyclic) bond motifs is 1. The monoisotopic (exact) mass is 358 g/mol. The number of halogens is 3. The molecule has 0 aromatic carbocycles. The van der Waals surface area contributed by atoms with Crippen LogP contribution in [0.3, 0.4) is 0 Å². The van der Waals surface area contributed by atoms with Gasteiger partial charge in [0.1, 0.15) is 6.10 Å². The number of hydrogen-bond acceptors (Lipinski definition) is 3. The molecule has 2 aromatic rings. The largest absolute Gasteiger partial charge is 0.446 e. The SMILES string of the molecule is O=C(OC1CCC(F)(F)CC1)n1ccc2ncc(Br)cc21. The first-order chi connectivity index (χ1) is 9.94. The Bertz CT molecular complexity index is 677. The number of pyridine rings is 1. The molecule has 112 valence electrons. The van der Waals surface area contributed by atoms with Crippen molar-refractivity contribution in [1.82, 2.24) is 9.55 Å². The van der Waals surface area contributed by atoms with Gasteiger partial charge >= 0.3 is 6.09 Å². The third-order valence-electron chi connectivity index (χ3n) is 3.63. The highest BCUT2D eigenvalue weighted by Crippen LogP contribution is 2.34. The number of carbonyl (C=O) groups excluding carboxylic acids is 1. The minimum absolute atomic E-state index is 0.194. The fourth-order valence-electron chi connectivity index (χ4n) is 2.48. The van der Waals surface area contributed by atoms with Gasteiger partial charge in [0.05, 0.1) is 11.0 Å². The Kier molecular flexibility index (Phi) is 3.69. The van der Waals surface area contributed by atoms with Crippen molar-refractivity contribution in [3.63, 3.8) is 0 Å². The summed E-state index contributed by atoms with van der Waals surface area (Å²) < 4.78 is 33.6. The van der Waals surface area contributed by atoms with Crippen molar-refractivity contribution < 1.29 is 18.3 Å².